The minimum absolute atomic E-state index is 0.125. The average Bonchev–Trinajstić information content (AvgIpc) is 2.51. The number of rotatable bonds is 5. The molecule has 0 heterocycles. The van der Waals surface area contributed by atoms with Gasteiger partial charge in [-0.15, -0.1) is 0 Å². The van der Waals surface area contributed by atoms with Gasteiger partial charge in [0, 0.05) is 23.7 Å². The third kappa shape index (κ3) is 3.72. The van der Waals surface area contributed by atoms with E-state index in [-0.39, 0.29) is 11.3 Å². The van der Waals surface area contributed by atoms with Crippen molar-refractivity contribution in [3.63, 3.8) is 0 Å². The Morgan fingerprint density at radius 1 is 1.29 bits per heavy atom. The molecule has 2 aromatic carbocycles. The van der Waals surface area contributed by atoms with Crippen molar-refractivity contribution in [2.45, 2.75) is 13.0 Å². The Hall–Kier alpha value is -2.87. The molecule has 8 heteroatoms. The van der Waals surface area contributed by atoms with Crippen molar-refractivity contribution in [3.8, 4) is 0 Å². The number of aliphatic hydroxyl groups excluding tert-OH is 1. The molecule has 24 heavy (non-hydrogen) atoms. The van der Waals surface area contributed by atoms with E-state index in [0.717, 1.165) is 12.1 Å². The normalized spacial score (nSPS) is 11.8. The Labute approximate surface area is 135 Å². The predicted molar refractivity (Wildman–Crippen MR) is 81.5 cm³/mol. The summed E-state index contributed by atoms with van der Waals surface area (Å²) in [5, 5.41) is 22.9. The second-order valence-electron chi connectivity index (χ2n) is 5.12. The molecule has 0 aromatic heterocycles. The van der Waals surface area contributed by atoms with Crippen LogP contribution in [0, 0.1) is 28.7 Å². The highest BCUT2D eigenvalue weighted by Gasteiger charge is 2.19. The number of nitrogens with zero attached hydrogens (tertiary/aromatic N) is 1. The van der Waals surface area contributed by atoms with Crippen LogP contribution in [-0.2, 0) is 0 Å². The van der Waals surface area contributed by atoms with Gasteiger partial charge in [0.25, 0.3) is 11.6 Å². The third-order valence-corrected chi connectivity index (χ3v) is 3.44. The molecule has 0 bridgehead atoms. The first-order chi connectivity index (χ1) is 11.3. The first kappa shape index (κ1) is 17.5. The van der Waals surface area contributed by atoms with E-state index in [9.17, 15) is 28.8 Å². The fraction of sp³-hybridized carbons (Fsp3) is 0.188. The first-order valence-electron chi connectivity index (χ1n) is 6.96. The molecule has 2 rings (SSSR count). The van der Waals surface area contributed by atoms with Crippen LogP contribution in [0.15, 0.2) is 36.4 Å². The smallest absolute Gasteiger partial charge is 0.272 e. The van der Waals surface area contributed by atoms with Gasteiger partial charge < -0.3 is 10.4 Å². The van der Waals surface area contributed by atoms with Crippen molar-refractivity contribution in [1.29, 1.82) is 0 Å². The second kappa shape index (κ2) is 7.14. The monoisotopic (exact) mass is 336 g/mol. The summed E-state index contributed by atoms with van der Waals surface area (Å²) in [7, 11) is 0. The molecule has 0 radical (unpaired) electrons. The lowest BCUT2D eigenvalue weighted by Crippen LogP contribution is -2.29. The number of carbonyl (C=O) groups is 1. The molecule has 0 aliphatic rings. The SMILES string of the molecule is Cc1cc(C(=O)NCC(O)c2c(F)cccc2F)ccc1[N+](=O)[O-]. The van der Waals surface area contributed by atoms with E-state index in [4.69, 9.17) is 0 Å². The predicted octanol–water partition coefficient (Wildman–Crippen LogP) is 2.64. The van der Waals surface area contributed by atoms with Gasteiger partial charge in [0.15, 0.2) is 0 Å². The lowest BCUT2D eigenvalue weighted by atomic mass is 10.1. The Morgan fingerprint density at radius 2 is 1.92 bits per heavy atom. The van der Waals surface area contributed by atoms with Gasteiger partial charge in [-0.05, 0) is 31.2 Å². The number of carbonyl (C=O) groups excluding carboxylic acids is 1. The van der Waals surface area contributed by atoms with E-state index in [1.54, 1.807) is 0 Å². The summed E-state index contributed by atoms with van der Waals surface area (Å²) in [5.41, 5.74) is -0.217. The molecule has 0 aliphatic heterocycles. The van der Waals surface area contributed by atoms with Gasteiger partial charge in [0.2, 0.25) is 0 Å². The van der Waals surface area contributed by atoms with Crippen molar-refractivity contribution >= 4 is 11.6 Å². The molecule has 0 saturated heterocycles. The van der Waals surface area contributed by atoms with E-state index >= 15 is 0 Å². The maximum Gasteiger partial charge on any atom is 0.272 e. The highest BCUT2D eigenvalue weighted by molar-refractivity contribution is 5.94. The van der Waals surface area contributed by atoms with Gasteiger partial charge in [-0.1, -0.05) is 6.07 Å². The van der Waals surface area contributed by atoms with Crippen LogP contribution in [0.1, 0.15) is 27.6 Å². The highest BCUT2D eigenvalue weighted by Crippen LogP contribution is 2.21. The zero-order chi connectivity index (χ0) is 17.9. The number of amides is 1. The lowest BCUT2D eigenvalue weighted by molar-refractivity contribution is -0.385. The molecular formula is C16H14F2N2O4. The largest absolute Gasteiger partial charge is 0.386 e. The summed E-state index contributed by atoms with van der Waals surface area (Å²) in [5.74, 6) is -2.45. The van der Waals surface area contributed by atoms with Crippen molar-refractivity contribution in [3.05, 3.63) is 74.8 Å². The fourth-order valence-electron chi connectivity index (χ4n) is 2.22. The van der Waals surface area contributed by atoms with Crippen LogP contribution in [0.25, 0.3) is 0 Å². The molecule has 1 unspecified atom stereocenters. The number of aliphatic hydroxyl groups is 1. The van der Waals surface area contributed by atoms with Crippen LogP contribution >= 0.6 is 0 Å². The van der Waals surface area contributed by atoms with E-state index in [1.807, 2.05) is 0 Å². The van der Waals surface area contributed by atoms with Crippen LogP contribution in [0.4, 0.5) is 14.5 Å². The summed E-state index contributed by atoms with van der Waals surface area (Å²) < 4.78 is 27.1. The van der Waals surface area contributed by atoms with Crippen molar-refractivity contribution < 1.29 is 23.6 Å². The summed E-state index contributed by atoms with van der Waals surface area (Å²) in [6, 6.07) is 6.95. The third-order valence-electron chi connectivity index (χ3n) is 3.44. The topological polar surface area (TPSA) is 92.5 Å². The van der Waals surface area contributed by atoms with Gasteiger partial charge in [-0.25, -0.2) is 8.78 Å². The molecule has 0 saturated carbocycles. The van der Waals surface area contributed by atoms with Crippen molar-refractivity contribution in [2.24, 2.45) is 0 Å². The Balaban J connectivity index is 2.08. The summed E-state index contributed by atoms with van der Waals surface area (Å²) in [4.78, 5) is 22.2. The summed E-state index contributed by atoms with van der Waals surface area (Å²) in [6.45, 7) is 1.07. The molecule has 1 atom stereocenters. The van der Waals surface area contributed by atoms with Crippen molar-refractivity contribution in [2.75, 3.05) is 6.54 Å². The van der Waals surface area contributed by atoms with E-state index < -0.39 is 40.7 Å². The van der Waals surface area contributed by atoms with E-state index in [2.05, 4.69) is 5.32 Å². The molecule has 0 spiro atoms. The number of halogens is 2. The van der Waals surface area contributed by atoms with Gasteiger partial charge in [-0.2, -0.15) is 0 Å². The molecular weight excluding hydrogens is 322 g/mol. The average molecular weight is 336 g/mol. The van der Waals surface area contributed by atoms with Crippen molar-refractivity contribution in [1.82, 2.24) is 5.32 Å². The standard InChI is InChI=1S/C16H14F2N2O4/c1-9-7-10(5-6-13(9)20(23)24)16(22)19-8-14(21)15-11(17)3-2-4-12(15)18/h2-7,14,21H,8H2,1H3,(H,19,22). The Kier molecular flexibility index (Phi) is 5.20. The first-order valence-corrected chi connectivity index (χ1v) is 6.96. The van der Waals surface area contributed by atoms with Gasteiger partial charge in [0.05, 0.1) is 10.5 Å². The minimum atomic E-state index is -1.56. The number of benzene rings is 2. The number of hydrogen-bond acceptors (Lipinski definition) is 4. The highest BCUT2D eigenvalue weighted by atomic mass is 19.1. The maximum atomic E-state index is 13.5. The molecule has 1 amide bonds. The quantitative estimate of drug-likeness (QED) is 0.648. The second-order valence-corrected chi connectivity index (χ2v) is 5.12. The number of nitrogens with one attached hydrogen (secondary N) is 1. The Bertz CT molecular complexity index is 775. The van der Waals surface area contributed by atoms with Gasteiger partial charge in [0.1, 0.15) is 17.7 Å². The molecule has 0 fully saturated rings. The Morgan fingerprint density at radius 3 is 2.46 bits per heavy atom. The molecule has 0 aliphatic carbocycles. The van der Waals surface area contributed by atoms with Crippen LogP contribution < -0.4 is 5.32 Å². The summed E-state index contributed by atoms with van der Waals surface area (Å²) in [6.07, 6.45) is -1.56. The molecule has 2 N–H and O–H groups in total. The molecule has 2 aromatic rings. The zero-order valence-corrected chi connectivity index (χ0v) is 12.6. The molecule has 126 valence electrons. The lowest BCUT2D eigenvalue weighted by Gasteiger charge is -2.14. The van der Waals surface area contributed by atoms with Crippen LogP contribution in [0.2, 0.25) is 0 Å². The van der Waals surface area contributed by atoms with Gasteiger partial charge in [-0.3, -0.25) is 14.9 Å². The summed E-state index contributed by atoms with van der Waals surface area (Å²) >= 11 is 0. The fourth-order valence-corrected chi connectivity index (χ4v) is 2.22. The van der Waals surface area contributed by atoms with Crippen LogP contribution in [0.5, 0.6) is 0 Å². The van der Waals surface area contributed by atoms with Crippen LogP contribution in [0.3, 0.4) is 0 Å². The van der Waals surface area contributed by atoms with Gasteiger partial charge >= 0.3 is 0 Å². The zero-order valence-electron chi connectivity index (χ0n) is 12.6. The number of nitro groups is 1. The van der Waals surface area contributed by atoms with E-state index in [0.29, 0.717) is 5.56 Å². The number of hydrogen-bond donors (Lipinski definition) is 2. The maximum absolute atomic E-state index is 13.5. The molecule has 6 nitrogen and oxygen atoms in total. The van der Waals surface area contributed by atoms with E-state index in [1.165, 1.54) is 31.2 Å². The van der Waals surface area contributed by atoms with Crippen LogP contribution in [-0.4, -0.2) is 22.5 Å². The minimum Gasteiger partial charge on any atom is -0.386 e. The number of nitro benzene ring substituents is 1. The number of aryl methyl sites for hydroxylation is 1.